The van der Waals surface area contributed by atoms with Gasteiger partial charge < -0.3 is 14.8 Å². The van der Waals surface area contributed by atoms with E-state index in [-0.39, 0.29) is 18.1 Å². The predicted octanol–water partition coefficient (Wildman–Crippen LogP) is 3.01. The topological polar surface area (TPSA) is 47.6 Å². The highest BCUT2D eigenvalue weighted by Gasteiger charge is 2.13. The molecule has 4 nitrogen and oxygen atoms in total. The number of hydrogen-bond acceptors (Lipinski definition) is 3. The average Bonchev–Trinajstić information content (AvgIpc) is 2.38. The standard InChI is InChI=1S/C15H23NO3/c1-6-11(4)16-15(17)12-7-8-13(19-10(2)3)14(9-12)18-5/h7-11H,6H2,1-5H3,(H,16,17)/t11-/m0/s1. The Labute approximate surface area is 115 Å². The number of hydrogen-bond donors (Lipinski definition) is 1. The summed E-state index contributed by atoms with van der Waals surface area (Å²) in [4.78, 5) is 12.0. The summed E-state index contributed by atoms with van der Waals surface area (Å²) in [6.07, 6.45) is 0.964. The smallest absolute Gasteiger partial charge is 0.251 e. The van der Waals surface area contributed by atoms with E-state index < -0.39 is 0 Å². The maximum Gasteiger partial charge on any atom is 0.251 e. The minimum absolute atomic E-state index is 0.0636. The molecule has 0 radical (unpaired) electrons. The first kappa shape index (κ1) is 15.3. The van der Waals surface area contributed by atoms with Gasteiger partial charge in [-0.1, -0.05) is 6.92 Å². The molecule has 0 saturated heterocycles. The Bertz CT molecular complexity index is 429. The van der Waals surface area contributed by atoms with E-state index in [1.165, 1.54) is 0 Å². The Morgan fingerprint density at radius 3 is 2.47 bits per heavy atom. The van der Waals surface area contributed by atoms with E-state index in [4.69, 9.17) is 9.47 Å². The van der Waals surface area contributed by atoms with Crippen molar-refractivity contribution in [3.8, 4) is 11.5 Å². The highest BCUT2D eigenvalue weighted by molar-refractivity contribution is 5.95. The Morgan fingerprint density at radius 2 is 1.95 bits per heavy atom. The first-order chi connectivity index (χ1) is 8.97. The molecule has 0 aliphatic carbocycles. The number of rotatable bonds is 6. The van der Waals surface area contributed by atoms with Gasteiger partial charge in [0.25, 0.3) is 5.91 Å². The summed E-state index contributed by atoms with van der Waals surface area (Å²) in [6.45, 7) is 7.91. The van der Waals surface area contributed by atoms with Crippen LogP contribution in [-0.4, -0.2) is 25.2 Å². The molecule has 0 aliphatic heterocycles. The van der Waals surface area contributed by atoms with Gasteiger partial charge in [-0.3, -0.25) is 4.79 Å². The summed E-state index contributed by atoms with van der Waals surface area (Å²) in [6, 6.07) is 5.38. The van der Waals surface area contributed by atoms with Gasteiger partial charge in [0.15, 0.2) is 11.5 Å². The van der Waals surface area contributed by atoms with Gasteiger partial charge in [-0.2, -0.15) is 0 Å². The van der Waals surface area contributed by atoms with Crippen molar-refractivity contribution >= 4 is 5.91 Å². The zero-order valence-electron chi connectivity index (χ0n) is 12.3. The lowest BCUT2D eigenvalue weighted by molar-refractivity contribution is 0.0939. The van der Waals surface area contributed by atoms with Gasteiger partial charge in [-0.05, 0) is 45.4 Å². The van der Waals surface area contributed by atoms with Crippen LogP contribution in [0, 0.1) is 0 Å². The van der Waals surface area contributed by atoms with Crippen LogP contribution in [0.25, 0.3) is 0 Å². The Balaban J connectivity index is 2.90. The van der Waals surface area contributed by atoms with Crippen LogP contribution in [0.2, 0.25) is 0 Å². The number of nitrogens with one attached hydrogen (secondary N) is 1. The highest BCUT2D eigenvalue weighted by Crippen LogP contribution is 2.28. The molecule has 1 aromatic carbocycles. The van der Waals surface area contributed by atoms with E-state index in [1.54, 1.807) is 25.3 Å². The first-order valence-electron chi connectivity index (χ1n) is 6.63. The largest absolute Gasteiger partial charge is 0.493 e. The fourth-order valence-corrected chi connectivity index (χ4v) is 1.57. The van der Waals surface area contributed by atoms with Crippen LogP contribution in [-0.2, 0) is 0 Å². The van der Waals surface area contributed by atoms with E-state index in [9.17, 15) is 4.79 Å². The van der Waals surface area contributed by atoms with E-state index in [0.717, 1.165) is 6.42 Å². The van der Waals surface area contributed by atoms with Crippen molar-refractivity contribution in [2.75, 3.05) is 7.11 Å². The molecule has 0 aliphatic rings. The lowest BCUT2D eigenvalue weighted by atomic mass is 10.1. The molecule has 0 unspecified atom stereocenters. The summed E-state index contributed by atoms with van der Waals surface area (Å²) in [5.74, 6) is 1.13. The van der Waals surface area contributed by atoms with Gasteiger partial charge in [0.05, 0.1) is 13.2 Å². The van der Waals surface area contributed by atoms with E-state index in [2.05, 4.69) is 5.32 Å². The Morgan fingerprint density at radius 1 is 1.26 bits per heavy atom. The minimum Gasteiger partial charge on any atom is -0.493 e. The van der Waals surface area contributed by atoms with E-state index in [1.807, 2.05) is 27.7 Å². The molecule has 4 heteroatoms. The van der Waals surface area contributed by atoms with Crippen LogP contribution in [0.4, 0.5) is 0 Å². The monoisotopic (exact) mass is 265 g/mol. The van der Waals surface area contributed by atoms with Crippen molar-refractivity contribution in [1.82, 2.24) is 5.32 Å². The molecule has 0 bridgehead atoms. The zero-order valence-corrected chi connectivity index (χ0v) is 12.3. The normalized spacial score (nSPS) is 12.1. The van der Waals surface area contributed by atoms with Gasteiger partial charge >= 0.3 is 0 Å². The van der Waals surface area contributed by atoms with E-state index >= 15 is 0 Å². The van der Waals surface area contributed by atoms with Crippen LogP contribution in [0.1, 0.15) is 44.5 Å². The van der Waals surface area contributed by atoms with Crippen LogP contribution < -0.4 is 14.8 Å². The summed E-state index contributed by atoms with van der Waals surface area (Å²) in [7, 11) is 1.57. The molecule has 1 aromatic rings. The third-order valence-electron chi connectivity index (χ3n) is 2.78. The molecular weight excluding hydrogens is 242 g/mol. The van der Waals surface area contributed by atoms with Crippen molar-refractivity contribution in [1.29, 1.82) is 0 Å². The zero-order chi connectivity index (χ0) is 14.4. The van der Waals surface area contributed by atoms with Crippen molar-refractivity contribution in [3.63, 3.8) is 0 Å². The number of carbonyl (C=O) groups is 1. The molecular formula is C15H23NO3. The van der Waals surface area contributed by atoms with Crippen LogP contribution in [0.15, 0.2) is 18.2 Å². The van der Waals surface area contributed by atoms with Crippen molar-refractivity contribution < 1.29 is 14.3 Å². The van der Waals surface area contributed by atoms with Crippen molar-refractivity contribution in [2.24, 2.45) is 0 Å². The first-order valence-corrected chi connectivity index (χ1v) is 6.63. The number of benzene rings is 1. The molecule has 1 rings (SSSR count). The second kappa shape index (κ2) is 7.02. The van der Waals surface area contributed by atoms with Gasteiger partial charge in [-0.15, -0.1) is 0 Å². The fraction of sp³-hybridized carbons (Fsp3) is 0.533. The van der Waals surface area contributed by atoms with Gasteiger partial charge in [0.2, 0.25) is 0 Å². The SMILES string of the molecule is CC[C@H](C)NC(=O)c1ccc(OC(C)C)c(OC)c1. The maximum atomic E-state index is 12.0. The fourth-order valence-electron chi connectivity index (χ4n) is 1.57. The van der Waals surface area contributed by atoms with Gasteiger partial charge in [-0.25, -0.2) is 0 Å². The lowest BCUT2D eigenvalue weighted by Crippen LogP contribution is -2.31. The van der Waals surface area contributed by atoms with E-state index in [0.29, 0.717) is 17.1 Å². The van der Waals surface area contributed by atoms with Crippen LogP contribution in [0.3, 0.4) is 0 Å². The molecule has 0 heterocycles. The number of amides is 1. The second-order valence-corrected chi connectivity index (χ2v) is 4.82. The number of methoxy groups -OCH3 is 1. The molecule has 0 spiro atoms. The predicted molar refractivity (Wildman–Crippen MR) is 76.0 cm³/mol. The Kier molecular flexibility index (Phi) is 5.67. The lowest BCUT2D eigenvalue weighted by Gasteiger charge is -2.15. The van der Waals surface area contributed by atoms with Crippen LogP contribution >= 0.6 is 0 Å². The second-order valence-electron chi connectivity index (χ2n) is 4.82. The number of ether oxygens (including phenoxy) is 2. The average molecular weight is 265 g/mol. The van der Waals surface area contributed by atoms with Gasteiger partial charge in [0.1, 0.15) is 0 Å². The summed E-state index contributed by atoms with van der Waals surface area (Å²) in [5, 5.41) is 2.92. The summed E-state index contributed by atoms with van der Waals surface area (Å²) < 4.78 is 10.9. The maximum absolute atomic E-state index is 12.0. The molecule has 1 N–H and O–H groups in total. The minimum atomic E-state index is -0.0938. The van der Waals surface area contributed by atoms with Crippen molar-refractivity contribution in [3.05, 3.63) is 23.8 Å². The van der Waals surface area contributed by atoms with Gasteiger partial charge in [0, 0.05) is 11.6 Å². The van der Waals surface area contributed by atoms with Crippen molar-refractivity contribution in [2.45, 2.75) is 46.3 Å². The Hall–Kier alpha value is -1.71. The third kappa shape index (κ3) is 4.47. The molecule has 0 aromatic heterocycles. The molecule has 19 heavy (non-hydrogen) atoms. The van der Waals surface area contributed by atoms with Crippen LogP contribution in [0.5, 0.6) is 11.5 Å². The quantitative estimate of drug-likeness (QED) is 0.860. The number of carbonyl (C=O) groups excluding carboxylic acids is 1. The summed E-state index contributed by atoms with van der Waals surface area (Å²) in [5.41, 5.74) is 0.577. The molecule has 106 valence electrons. The molecule has 1 amide bonds. The molecule has 0 saturated carbocycles. The molecule has 1 atom stereocenters. The molecule has 0 fully saturated rings. The summed E-state index contributed by atoms with van der Waals surface area (Å²) >= 11 is 0. The third-order valence-corrected chi connectivity index (χ3v) is 2.78. The highest BCUT2D eigenvalue weighted by atomic mass is 16.5.